The van der Waals surface area contributed by atoms with E-state index >= 15 is 0 Å². The van der Waals surface area contributed by atoms with Crippen LogP contribution >= 0.6 is 0 Å². The summed E-state index contributed by atoms with van der Waals surface area (Å²) < 4.78 is 35.0. The van der Waals surface area contributed by atoms with E-state index in [1.54, 1.807) is 13.4 Å². The zero-order valence-corrected chi connectivity index (χ0v) is 18.8. The third kappa shape index (κ3) is 3.62. The van der Waals surface area contributed by atoms with Gasteiger partial charge in [0.05, 0.1) is 24.8 Å². The molecule has 2 aliphatic heterocycles. The quantitative estimate of drug-likeness (QED) is 0.612. The van der Waals surface area contributed by atoms with E-state index in [4.69, 9.17) is 9.57 Å². The first-order valence-corrected chi connectivity index (χ1v) is 11.0. The Morgan fingerprint density at radius 3 is 2.76 bits per heavy atom. The SMILES string of the molecule is COc1cc(C=C2CCCN3C2=NOC3(CO)c2ccc(F)c(F)c2)ccc1-n1cnc(C)c1. The minimum absolute atomic E-state index is 0.301. The van der Waals surface area contributed by atoms with E-state index in [2.05, 4.69) is 10.1 Å². The van der Waals surface area contributed by atoms with Gasteiger partial charge < -0.3 is 24.1 Å². The average Bonchev–Trinajstić information content (AvgIpc) is 3.45. The number of halogens is 2. The Bertz CT molecular complexity index is 1300. The van der Waals surface area contributed by atoms with Gasteiger partial charge in [0.15, 0.2) is 17.5 Å². The van der Waals surface area contributed by atoms with Crippen LogP contribution in [-0.2, 0) is 10.6 Å². The summed E-state index contributed by atoms with van der Waals surface area (Å²) >= 11 is 0. The van der Waals surface area contributed by atoms with E-state index in [1.165, 1.54) is 6.07 Å². The van der Waals surface area contributed by atoms with Crippen molar-refractivity contribution in [1.29, 1.82) is 0 Å². The Labute approximate surface area is 195 Å². The lowest BCUT2D eigenvalue weighted by Gasteiger charge is -2.38. The fourth-order valence-electron chi connectivity index (χ4n) is 4.49. The van der Waals surface area contributed by atoms with E-state index < -0.39 is 24.0 Å². The van der Waals surface area contributed by atoms with E-state index in [-0.39, 0.29) is 0 Å². The molecule has 5 rings (SSSR count). The molecule has 0 saturated carbocycles. The van der Waals surface area contributed by atoms with Gasteiger partial charge in [-0.2, -0.15) is 0 Å². The second-order valence-corrected chi connectivity index (χ2v) is 8.36. The van der Waals surface area contributed by atoms with Gasteiger partial charge >= 0.3 is 0 Å². The highest BCUT2D eigenvalue weighted by atomic mass is 19.2. The van der Waals surface area contributed by atoms with Crippen molar-refractivity contribution in [2.24, 2.45) is 5.16 Å². The maximum absolute atomic E-state index is 14.0. The summed E-state index contributed by atoms with van der Waals surface area (Å²) in [6.45, 7) is 2.01. The van der Waals surface area contributed by atoms with E-state index in [1.807, 2.05) is 46.9 Å². The molecule has 1 saturated heterocycles. The summed E-state index contributed by atoms with van der Waals surface area (Å²) in [7, 11) is 1.62. The van der Waals surface area contributed by atoms with Gasteiger partial charge in [-0.3, -0.25) is 0 Å². The molecule has 1 fully saturated rings. The van der Waals surface area contributed by atoms with Gasteiger partial charge in [0.25, 0.3) is 5.72 Å². The van der Waals surface area contributed by atoms with Gasteiger partial charge in [0, 0.05) is 18.3 Å². The fourth-order valence-corrected chi connectivity index (χ4v) is 4.49. The number of benzene rings is 2. The van der Waals surface area contributed by atoms with Crippen molar-refractivity contribution in [1.82, 2.24) is 14.5 Å². The molecule has 176 valence electrons. The van der Waals surface area contributed by atoms with E-state index in [0.29, 0.717) is 23.7 Å². The number of nitrogens with zero attached hydrogens (tertiary/aromatic N) is 4. The predicted octanol–water partition coefficient (Wildman–Crippen LogP) is 4.14. The van der Waals surface area contributed by atoms with Gasteiger partial charge in [0.1, 0.15) is 12.4 Å². The molecule has 34 heavy (non-hydrogen) atoms. The Balaban J connectivity index is 1.48. The molecule has 1 unspecified atom stereocenters. The summed E-state index contributed by atoms with van der Waals surface area (Å²) in [5, 5.41) is 14.5. The molecule has 0 aliphatic carbocycles. The highest BCUT2D eigenvalue weighted by Gasteiger charge is 2.49. The number of hydrogen-bond donors (Lipinski definition) is 1. The van der Waals surface area contributed by atoms with Gasteiger partial charge in [-0.1, -0.05) is 11.2 Å². The third-order valence-electron chi connectivity index (χ3n) is 6.21. The minimum Gasteiger partial charge on any atom is -0.495 e. The lowest BCUT2D eigenvalue weighted by Crippen LogP contribution is -2.51. The van der Waals surface area contributed by atoms with Crippen LogP contribution in [0.1, 0.15) is 29.7 Å². The molecular weight excluding hydrogens is 442 g/mol. The standard InChI is InChI=1S/C25H24F2N4O3/c1-16-13-30(15-28-16)22-8-5-17(11-23(22)33-2)10-18-4-3-9-31-24(18)29-34-25(31,14-32)19-6-7-20(26)21(27)12-19/h5-8,10-13,15,32H,3-4,9,14H2,1-2H3. The van der Waals surface area contributed by atoms with E-state index in [0.717, 1.165) is 47.5 Å². The van der Waals surface area contributed by atoms with Crippen molar-refractivity contribution in [2.45, 2.75) is 25.5 Å². The largest absolute Gasteiger partial charge is 0.495 e. The predicted molar refractivity (Wildman–Crippen MR) is 122 cm³/mol. The van der Waals surface area contributed by atoms with Crippen LogP contribution in [0.2, 0.25) is 0 Å². The highest BCUT2D eigenvalue weighted by molar-refractivity contribution is 6.03. The van der Waals surface area contributed by atoms with E-state index in [9.17, 15) is 13.9 Å². The molecule has 2 aromatic carbocycles. The van der Waals surface area contributed by atoms with Crippen LogP contribution in [0.5, 0.6) is 5.75 Å². The van der Waals surface area contributed by atoms with Gasteiger partial charge in [-0.05, 0) is 67.3 Å². The van der Waals surface area contributed by atoms with Crippen molar-refractivity contribution in [3.05, 3.63) is 83.0 Å². The number of ether oxygens (including phenoxy) is 1. The Kier molecular flexibility index (Phi) is 5.57. The molecule has 0 spiro atoms. The van der Waals surface area contributed by atoms with Crippen molar-refractivity contribution < 1.29 is 23.5 Å². The Hall–Kier alpha value is -3.72. The first-order chi connectivity index (χ1) is 16.4. The van der Waals surface area contributed by atoms with Crippen molar-refractivity contribution in [3.63, 3.8) is 0 Å². The van der Waals surface area contributed by atoms with Gasteiger partial charge in [0.2, 0.25) is 0 Å². The highest BCUT2D eigenvalue weighted by Crippen LogP contribution is 2.40. The van der Waals surface area contributed by atoms with Crippen LogP contribution < -0.4 is 4.74 Å². The molecule has 0 radical (unpaired) electrons. The molecule has 9 heteroatoms. The van der Waals surface area contributed by atoms with Crippen molar-refractivity contribution >= 4 is 11.9 Å². The number of hydrogen-bond acceptors (Lipinski definition) is 6. The zero-order valence-electron chi connectivity index (χ0n) is 18.8. The number of imidazole rings is 1. The lowest BCUT2D eigenvalue weighted by atomic mass is 9.94. The first kappa shape index (κ1) is 22.1. The minimum atomic E-state index is -1.40. The molecule has 7 nitrogen and oxygen atoms in total. The number of aliphatic hydroxyl groups is 1. The van der Waals surface area contributed by atoms with Crippen molar-refractivity contribution in [2.75, 3.05) is 20.3 Å². The Morgan fingerprint density at radius 2 is 2.06 bits per heavy atom. The monoisotopic (exact) mass is 466 g/mol. The number of amidine groups is 1. The van der Waals surface area contributed by atoms with Crippen LogP contribution in [0.25, 0.3) is 11.8 Å². The molecular formula is C25H24F2N4O3. The molecule has 1 atom stereocenters. The number of fused-ring (bicyclic) bond motifs is 1. The molecule has 1 N–H and O–H groups in total. The fraction of sp³-hybridized carbons (Fsp3) is 0.280. The zero-order chi connectivity index (χ0) is 23.9. The molecule has 3 aromatic rings. The third-order valence-corrected chi connectivity index (χ3v) is 6.21. The average molecular weight is 466 g/mol. The summed E-state index contributed by atoms with van der Waals surface area (Å²) in [5.41, 5.74) is 2.50. The van der Waals surface area contributed by atoms with Crippen LogP contribution in [0.3, 0.4) is 0 Å². The second-order valence-electron chi connectivity index (χ2n) is 8.36. The maximum Gasteiger partial charge on any atom is 0.260 e. The maximum atomic E-state index is 14.0. The van der Waals surface area contributed by atoms with Crippen LogP contribution in [0.15, 0.2) is 59.7 Å². The van der Waals surface area contributed by atoms with Crippen LogP contribution in [0, 0.1) is 18.6 Å². The molecule has 3 heterocycles. The van der Waals surface area contributed by atoms with Crippen molar-refractivity contribution in [3.8, 4) is 11.4 Å². The number of oxime groups is 1. The molecule has 1 aromatic heterocycles. The summed E-state index contributed by atoms with van der Waals surface area (Å²) in [6.07, 6.45) is 7.19. The van der Waals surface area contributed by atoms with Crippen LogP contribution in [0.4, 0.5) is 8.78 Å². The number of aliphatic hydroxyl groups excluding tert-OH is 1. The smallest absolute Gasteiger partial charge is 0.260 e. The summed E-state index contributed by atoms with van der Waals surface area (Å²) in [5.74, 6) is -0.706. The number of piperidine rings is 1. The van der Waals surface area contributed by atoms with Gasteiger partial charge in [-0.25, -0.2) is 13.8 Å². The normalized spacial score (nSPS) is 20.8. The molecule has 0 bridgehead atoms. The number of rotatable bonds is 5. The second kappa shape index (κ2) is 8.57. The first-order valence-electron chi connectivity index (χ1n) is 11.0. The van der Waals surface area contributed by atoms with Crippen LogP contribution in [-0.4, -0.2) is 45.7 Å². The number of aromatic nitrogens is 2. The molecule has 2 aliphatic rings. The Morgan fingerprint density at radius 1 is 1.21 bits per heavy atom. The lowest BCUT2D eigenvalue weighted by molar-refractivity contribution is -0.137. The summed E-state index contributed by atoms with van der Waals surface area (Å²) in [6, 6.07) is 9.35. The molecule has 0 amide bonds. The number of aryl methyl sites for hydroxylation is 1. The van der Waals surface area contributed by atoms with Gasteiger partial charge in [-0.15, -0.1) is 0 Å². The summed E-state index contributed by atoms with van der Waals surface area (Å²) in [4.78, 5) is 11.8. The topological polar surface area (TPSA) is 72.1 Å². The number of methoxy groups -OCH3 is 1.